The Morgan fingerprint density at radius 1 is 1.05 bits per heavy atom. The fraction of sp³-hybridized carbons (Fsp3) is 0.875. The van der Waals surface area contributed by atoms with Crippen LogP contribution in [0.1, 0.15) is 52.4 Å². The summed E-state index contributed by atoms with van der Waals surface area (Å²) in [4.78, 5) is 1.49. The number of piperidine rings is 1. The van der Waals surface area contributed by atoms with Gasteiger partial charge in [-0.1, -0.05) is 38.3 Å². The molecule has 0 aromatic rings. The molecule has 0 spiro atoms. The van der Waals surface area contributed by atoms with Crippen molar-refractivity contribution in [2.75, 3.05) is 13.6 Å². The predicted octanol–water partition coefficient (Wildman–Crippen LogP) is 0.912. The minimum absolute atomic E-state index is 0.243. The fourth-order valence-corrected chi connectivity index (χ4v) is 3.59. The quantitative estimate of drug-likeness (QED) is 0.652. The van der Waals surface area contributed by atoms with Gasteiger partial charge in [0.25, 0.3) is 0 Å². The molecule has 1 aliphatic heterocycles. The fourth-order valence-electron chi connectivity index (χ4n) is 3.59. The van der Waals surface area contributed by atoms with Gasteiger partial charge in [0.15, 0.2) is 0 Å². The summed E-state index contributed by atoms with van der Waals surface area (Å²) >= 11 is 0. The van der Waals surface area contributed by atoms with Crippen molar-refractivity contribution in [3.05, 3.63) is 12.2 Å². The third-order valence-electron chi connectivity index (χ3n) is 5.36. The van der Waals surface area contributed by atoms with E-state index in [0.717, 1.165) is 38.6 Å². The van der Waals surface area contributed by atoms with E-state index < -0.39 is 11.2 Å². The van der Waals surface area contributed by atoms with Crippen molar-refractivity contribution in [2.45, 2.75) is 69.6 Å². The van der Waals surface area contributed by atoms with Gasteiger partial charge in [0, 0.05) is 12.3 Å². The number of aliphatic hydroxyl groups is 2. The van der Waals surface area contributed by atoms with E-state index in [9.17, 15) is 10.2 Å². The molecule has 3 N–H and O–H groups in total. The Balaban J connectivity index is 2.07. The molecule has 0 aromatic heterocycles. The van der Waals surface area contributed by atoms with Crippen LogP contribution in [0.15, 0.2) is 12.2 Å². The van der Waals surface area contributed by atoms with Crippen LogP contribution in [0.4, 0.5) is 0 Å². The number of nitrogens with one attached hydrogen (secondary N) is 1. The lowest BCUT2D eigenvalue weighted by Crippen LogP contribution is -3.15. The van der Waals surface area contributed by atoms with E-state index in [-0.39, 0.29) is 5.92 Å². The van der Waals surface area contributed by atoms with Gasteiger partial charge in [-0.25, -0.2) is 0 Å². The molecule has 0 amide bonds. The number of likely N-dealkylation sites (tertiary alicyclic amines) is 1. The molecule has 0 bridgehead atoms. The summed E-state index contributed by atoms with van der Waals surface area (Å²) < 4.78 is 0. The first-order chi connectivity index (χ1) is 8.85. The van der Waals surface area contributed by atoms with E-state index in [1.807, 2.05) is 12.2 Å². The molecular weight excluding hydrogens is 238 g/mol. The van der Waals surface area contributed by atoms with E-state index in [1.165, 1.54) is 11.3 Å². The van der Waals surface area contributed by atoms with E-state index in [4.69, 9.17) is 0 Å². The Hall–Kier alpha value is -0.380. The first-order valence-corrected chi connectivity index (χ1v) is 7.82. The average molecular weight is 268 g/mol. The van der Waals surface area contributed by atoms with E-state index in [0.29, 0.717) is 6.04 Å². The van der Waals surface area contributed by atoms with Crippen LogP contribution in [-0.2, 0) is 0 Å². The lowest BCUT2D eigenvalue weighted by Gasteiger charge is -2.42. The molecule has 3 nitrogen and oxygen atoms in total. The van der Waals surface area contributed by atoms with Crippen molar-refractivity contribution in [3.8, 4) is 0 Å². The third-order valence-corrected chi connectivity index (χ3v) is 5.36. The second-order valence-corrected chi connectivity index (χ2v) is 7.05. The largest absolute Gasteiger partial charge is 0.386 e. The zero-order valence-corrected chi connectivity index (χ0v) is 12.7. The molecule has 4 atom stereocenters. The van der Waals surface area contributed by atoms with Gasteiger partial charge in [0.1, 0.15) is 0 Å². The zero-order valence-electron chi connectivity index (χ0n) is 12.7. The topological polar surface area (TPSA) is 44.9 Å². The van der Waals surface area contributed by atoms with E-state index >= 15 is 0 Å². The van der Waals surface area contributed by atoms with Crippen molar-refractivity contribution in [3.63, 3.8) is 0 Å². The Morgan fingerprint density at radius 3 is 2.32 bits per heavy atom. The van der Waals surface area contributed by atoms with Crippen LogP contribution in [0.3, 0.4) is 0 Å². The highest BCUT2D eigenvalue weighted by Crippen LogP contribution is 2.32. The highest BCUT2D eigenvalue weighted by atomic mass is 16.3. The minimum Gasteiger partial charge on any atom is -0.386 e. The van der Waals surface area contributed by atoms with Crippen LogP contribution in [0, 0.1) is 5.92 Å². The van der Waals surface area contributed by atoms with Crippen molar-refractivity contribution in [1.29, 1.82) is 0 Å². The van der Waals surface area contributed by atoms with Crippen LogP contribution < -0.4 is 4.90 Å². The molecule has 2 rings (SSSR count). The van der Waals surface area contributed by atoms with Crippen molar-refractivity contribution in [1.82, 2.24) is 0 Å². The van der Waals surface area contributed by atoms with Gasteiger partial charge in [-0.2, -0.15) is 0 Å². The van der Waals surface area contributed by atoms with E-state index in [1.54, 1.807) is 0 Å². The number of quaternary nitrogens is 1. The average Bonchev–Trinajstić information content (AvgIpc) is 2.36. The SMILES string of the molecule is C[C@@H]1C[C@@](O)(/C=C/C2(O)CCCCC2)[C@H](C)C[NH+]1C. The number of hydrogen-bond donors (Lipinski definition) is 3. The Bertz CT molecular complexity index is 336. The smallest absolute Gasteiger partial charge is 0.0963 e. The van der Waals surface area contributed by atoms with Crippen molar-refractivity contribution >= 4 is 0 Å². The van der Waals surface area contributed by atoms with Crippen molar-refractivity contribution in [2.24, 2.45) is 5.92 Å². The molecule has 0 aromatic carbocycles. The Labute approximate surface area is 117 Å². The molecule has 3 heteroatoms. The lowest BCUT2D eigenvalue weighted by atomic mass is 9.77. The third kappa shape index (κ3) is 3.39. The Morgan fingerprint density at radius 2 is 1.68 bits per heavy atom. The predicted molar refractivity (Wildman–Crippen MR) is 77.1 cm³/mol. The Kier molecular flexibility index (Phi) is 4.38. The molecule has 1 heterocycles. The van der Waals surface area contributed by atoms with Crippen LogP contribution >= 0.6 is 0 Å². The summed E-state index contributed by atoms with van der Waals surface area (Å²) in [6, 6.07) is 0.465. The van der Waals surface area contributed by atoms with Gasteiger partial charge in [-0.05, 0) is 19.8 Å². The summed E-state index contributed by atoms with van der Waals surface area (Å²) in [5.74, 6) is 0.243. The normalized spacial score (nSPS) is 43.5. The zero-order chi connectivity index (χ0) is 14.1. The molecule has 0 radical (unpaired) electrons. The highest BCUT2D eigenvalue weighted by molar-refractivity contribution is 5.12. The number of hydrogen-bond acceptors (Lipinski definition) is 2. The monoisotopic (exact) mass is 268 g/mol. The minimum atomic E-state index is -0.744. The molecule has 19 heavy (non-hydrogen) atoms. The first kappa shape index (κ1) is 15.0. The van der Waals surface area contributed by atoms with Gasteiger partial charge in [0.05, 0.1) is 30.8 Å². The molecule has 1 unspecified atom stereocenters. The molecule has 110 valence electrons. The molecule has 1 saturated carbocycles. The summed E-state index contributed by atoms with van der Waals surface area (Å²) in [6.45, 7) is 5.29. The second kappa shape index (κ2) is 5.55. The maximum absolute atomic E-state index is 10.9. The van der Waals surface area contributed by atoms with E-state index in [2.05, 4.69) is 20.9 Å². The summed E-state index contributed by atoms with van der Waals surface area (Å²) in [5.41, 5.74) is -1.42. The van der Waals surface area contributed by atoms with Crippen LogP contribution in [-0.4, -0.2) is 41.0 Å². The van der Waals surface area contributed by atoms with Gasteiger partial charge >= 0.3 is 0 Å². The molecule has 1 saturated heterocycles. The number of rotatable bonds is 2. The molecule has 2 fully saturated rings. The molecule has 1 aliphatic carbocycles. The van der Waals surface area contributed by atoms with Crippen LogP contribution in [0.2, 0.25) is 0 Å². The molecular formula is C16H30NO2+. The van der Waals surface area contributed by atoms with Gasteiger partial charge in [-0.15, -0.1) is 0 Å². The molecule has 2 aliphatic rings. The summed E-state index contributed by atoms with van der Waals surface area (Å²) in [7, 11) is 2.19. The van der Waals surface area contributed by atoms with Crippen molar-refractivity contribution < 1.29 is 15.1 Å². The standard InChI is InChI=1S/C16H29NO2/c1-13-12-17(3)14(2)11-16(13,19)10-9-15(18)7-5-4-6-8-15/h9-10,13-14,18-19H,4-8,11-12H2,1-3H3/p+1/b10-9+/t13-,14-,16+/m1/s1. The summed E-state index contributed by atoms with van der Waals surface area (Å²) in [6.07, 6.45) is 9.69. The van der Waals surface area contributed by atoms with Gasteiger partial charge in [0.2, 0.25) is 0 Å². The highest BCUT2D eigenvalue weighted by Gasteiger charge is 2.42. The first-order valence-electron chi connectivity index (χ1n) is 7.82. The van der Waals surface area contributed by atoms with Gasteiger partial charge < -0.3 is 15.1 Å². The summed E-state index contributed by atoms with van der Waals surface area (Å²) in [5, 5.41) is 21.4. The van der Waals surface area contributed by atoms with Crippen LogP contribution in [0.25, 0.3) is 0 Å². The second-order valence-electron chi connectivity index (χ2n) is 7.05. The van der Waals surface area contributed by atoms with Crippen LogP contribution in [0.5, 0.6) is 0 Å². The maximum Gasteiger partial charge on any atom is 0.0963 e. The lowest BCUT2D eigenvalue weighted by molar-refractivity contribution is -0.915. The van der Waals surface area contributed by atoms with Gasteiger partial charge in [-0.3, -0.25) is 0 Å². The maximum atomic E-state index is 10.9.